The lowest BCUT2D eigenvalue weighted by Gasteiger charge is -2.15. The Bertz CT molecular complexity index is 625. The number of rotatable bonds is 5. The molecular weight excluding hydrogens is 379 g/mol. The second-order valence-corrected chi connectivity index (χ2v) is 13.2. The first kappa shape index (κ1) is 16.3. The summed E-state index contributed by atoms with van der Waals surface area (Å²) in [6.07, 6.45) is 3.49. The third kappa shape index (κ3) is 3.77. The van der Waals surface area contributed by atoms with Crippen LogP contribution in [0.25, 0.3) is 11.0 Å². The third-order valence-electron chi connectivity index (χ3n) is 2.96. The maximum atomic E-state index is 6.25. The maximum Gasteiger partial charge on any atom is 0.144 e. The van der Waals surface area contributed by atoms with Gasteiger partial charge in [-0.3, -0.25) is 0 Å². The lowest BCUT2D eigenvalue weighted by atomic mass is 10.3. The van der Waals surface area contributed by atoms with Gasteiger partial charge in [0.15, 0.2) is 0 Å². The van der Waals surface area contributed by atoms with Crippen molar-refractivity contribution in [2.45, 2.75) is 32.4 Å². The summed E-state index contributed by atoms with van der Waals surface area (Å²) in [6.45, 7) is 8.20. The van der Waals surface area contributed by atoms with E-state index in [0.717, 1.165) is 28.2 Å². The van der Waals surface area contributed by atoms with Crippen molar-refractivity contribution in [1.29, 1.82) is 0 Å². The van der Waals surface area contributed by atoms with E-state index in [0.29, 0.717) is 16.8 Å². The molecule has 2 aromatic heterocycles. The van der Waals surface area contributed by atoms with Crippen molar-refractivity contribution < 1.29 is 4.74 Å². The lowest BCUT2D eigenvalue weighted by molar-refractivity contribution is 0.0899. The molecule has 0 atom stereocenters. The molecule has 3 nitrogen and oxygen atoms in total. The van der Waals surface area contributed by atoms with Crippen LogP contribution in [-0.2, 0) is 11.5 Å². The molecule has 0 radical (unpaired) electrons. The SMILES string of the molecule is C[Si](C)(C)CCOCn1cc(Cl)c2c(Cl)c(Br)cnc21. The number of hydrogen-bond donors (Lipinski definition) is 0. The summed E-state index contributed by atoms with van der Waals surface area (Å²) in [5.74, 6) is 0. The van der Waals surface area contributed by atoms with Crippen LogP contribution in [0.4, 0.5) is 0 Å². The number of pyridine rings is 1. The van der Waals surface area contributed by atoms with Gasteiger partial charge in [-0.1, -0.05) is 42.8 Å². The van der Waals surface area contributed by atoms with Crippen molar-refractivity contribution in [3.05, 3.63) is 26.9 Å². The summed E-state index contributed by atoms with van der Waals surface area (Å²) in [5.41, 5.74) is 0.746. The van der Waals surface area contributed by atoms with Crippen LogP contribution >= 0.6 is 39.1 Å². The summed E-state index contributed by atoms with van der Waals surface area (Å²) < 4.78 is 8.36. The fourth-order valence-corrected chi connectivity index (χ4v) is 3.43. The van der Waals surface area contributed by atoms with E-state index in [-0.39, 0.29) is 0 Å². The number of ether oxygens (including phenoxy) is 1. The molecule has 0 aromatic carbocycles. The zero-order valence-corrected chi connectivity index (χ0v) is 15.8. The van der Waals surface area contributed by atoms with Crippen molar-refractivity contribution >= 4 is 58.2 Å². The Hall–Kier alpha value is -0.0731. The van der Waals surface area contributed by atoms with Gasteiger partial charge < -0.3 is 9.30 Å². The highest BCUT2D eigenvalue weighted by atomic mass is 79.9. The minimum atomic E-state index is -1.06. The molecule has 0 saturated carbocycles. The van der Waals surface area contributed by atoms with Gasteiger partial charge in [0.2, 0.25) is 0 Å². The molecule has 2 heterocycles. The van der Waals surface area contributed by atoms with Gasteiger partial charge in [-0.05, 0) is 22.0 Å². The molecule has 110 valence electrons. The smallest absolute Gasteiger partial charge is 0.144 e. The summed E-state index contributed by atoms with van der Waals surface area (Å²) in [5, 5.41) is 1.94. The normalized spacial score (nSPS) is 12.3. The Balaban J connectivity index is 2.14. The van der Waals surface area contributed by atoms with Gasteiger partial charge in [0.1, 0.15) is 12.4 Å². The molecule has 20 heavy (non-hydrogen) atoms. The summed E-state index contributed by atoms with van der Waals surface area (Å²) in [7, 11) is -1.06. The third-order valence-corrected chi connectivity index (χ3v) is 6.17. The second-order valence-electron chi connectivity index (χ2n) is 5.91. The van der Waals surface area contributed by atoms with Crippen molar-refractivity contribution in [1.82, 2.24) is 9.55 Å². The molecule has 0 unspecified atom stereocenters. The predicted molar refractivity (Wildman–Crippen MR) is 91.6 cm³/mol. The predicted octanol–water partition coefficient (Wildman–Crippen LogP) is 5.42. The number of halogens is 3. The fourth-order valence-electron chi connectivity index (χ4n) is 1.79. The summed E-state index contributed by atoms with van der Waals surface area (Å²) >= 11 is 15.8. The first-order valence-electron chi connectivity index (χ1n) is 6.36. The average molecular weight is 396 g/mol. The quantitative estimate of drug-likeness (QED) is 0.499. The highest BCUT2D eigenvalue weighted by molar-refractivity contribution is 9.10. The number of aromatic nitrogens is 2. The largest absolute Gasteiger partial charge is 0.361 e. The molecule has 0 spiro atoms. The van der Waals surface area contributed by atoms with Gasteiger partial charge in [0.25, 0.3) is 0 Å². The van der Waals surface area contributed by atoms with E-state index < -0.39 is 8.07 Å². The fraction of sp³-hybridized carbons (Fsp3) is 0.462. The van der Waals surface area contributed by atoms with Crippen LogP contribution < -0.4 is 0 Å². The van der Waals surface area contributed by atoms with Crippen molar-refractivity contribution in [3.8, 4) is 0 Å². The minimum Gasteiger partial charge on any atom is -0.361 e. The van der Waals surface area contributed by atoms with E-state index in [1.807, 2.05) is 10.8 Å². The lowest BCUT2D eigenvalue weighted by Crippen LogP contribution is -2.22. The summed E-state index contributed by atoms with van der Waals surface area (Å²) in [6, 6.07) is 1.14. The Labute approximate surface area is 138 Å². The highest BCUT2D eigenvalue weighted by Gasteiger charge is 2.15. The van der Waals surface area contributed by atoms with Crippen LogP contribution in [0.5, 0.6) is 0 Å². The zero-order chi connectivity index (χ0) is 14.9. The van der Waals surface area contributed by atoms with Crippen LogP contribution in [0.1, 0.15) is 0 Å². The van der Waals surface area contributed by atoms with Crippen LogP contribution in [0.3, 0.4) is 0 Å². The van der Waals surface area contributed by atoms with Crippen LogP contribution in [0, 0.1) is 0 Å². The Morgan fingerprint density at radius 1 is 1.35 bits per heavy atom. The second kappa shape index (κ2) is 6.36. The van der Waals surface area contributed by atoms with E-state index >= 15 is 0 Å². The van der Waals surface area contributed by atoms with E-state index in [1.165, 1.54) is 0 Å². The molecule has 0 aliphatic carbocycles. The van der Waals surface area contributed by atoms with Gasteiger partial charge in [0, 0.05) is 27.1 Å². The molecule has 0 aliphatic heterocycles. The highest BCUT2D eigenvalue weighted by Crippen LogP contribution is 2.35. The van der Waals surface area contributed by atoms with Gasteiger partial charge >= 0.3 is 0 Å². The van der Waals surface area contributed by atoms with Gasteiger partial charge in [-0.25, -0.2) is 4.98 Å². The Morgan fingerprint density at radius 3 is 2.70 bits per heavy atom. The zero-order valence-electron chi connectivity index (χ0n) is 11.7. The first-order valence-corrected chi connectivity index (χ1v) is 11.6. The molecule has 2 rings (SSSR count). The van der Waals surface area contributed by atoms with E-state index in [2.05, 4.69) is 40.6 Å². The molecule has 0 saturated heterocycles. The molecule has 0 aliphatic rings. The van der Waals surface area contributed by atoms with E-state index in [4.69, 9.17) is 27.9 Å². The molecule has 7 heteroatoms. The first-order chi connectivity index (χ1) is 9.29. The molecule has 0 fully saturated rings. The van der Waals surface area contributed by atoms with Gasteiger partial charge in [0.05, 0.1) is 19.9 Å². The van der Waals surface area contributed by atoms with Crippen molar-refractivity contribution in [2.24, 2.45) is 0 Å². The van der Waals surface area contributed by atoms with Gasteiger partial charge in [-0.15, -0.1) is 0 Å². The number of nitrogens with zero attached hydrogens (tertiary/aromatic N) is 2. The van der Waals surface area contributed by atoms with Crippen LogP contribution in [0.15, 0.2) is 16.9 Å². The van der Waals surface area contributed by atoms with Crippen molar-refractivity contribution in [2.75, 3.05) is 6.61 Å². The monoisotopic (exact) mass is 394 g/mol. The molecule has 0 bridgehead atoms. The number of hydrogen-bond acceptors (Lipinski definition) is 2. The van der Waals surface area contributed by atoms with E-state index in [1.54, 1.807) is 6.20 Å². The molecule has 2 aromatic rings. The molecule has 0 N–H and O–H groups in total. The minimum absolute atomic E-state index is 0.443. The van der Waals surface area contributed by atoms with E-state index in [9.17, 15) is 0 Å². The molecular formula is C13H17BrCl2N2OSi. The maximum absolute atomic E-state index is 6.25. The Morgan fingerprint density at radius 2 is 2.05 bits per heavy atom. The topological polar surface area (TPSA) is 27.1 Å². The van der Waals surface area contributed by atoms with Crippen molar-refractivity contribution in [3.63, 3.8) is 0 Å². The van der Waals surface area contributed by atoms with Crippen LogP contribution in [0.2, 0.25) is 35.7 Å². The van der Waals surface area contributed by atoms with Gasteiger partial charge in [-0.2, -0.15) is 0 Å². The standard InChI is InChI=1S/C13H17BrCl2N2OSi/c1-20(2,3)5-4-19-8-18-7-10(15)11-12(16)9(14)6-17-13(11)18/h6-7H,4-5,8H2,1-3H3. The number of fused-ring (bicyclic) bond motifs is 1. The molecule has 0 amide bonds. The summed E-state index contributed by atoms with van der Waals surface area (Å²) in [4.78, 5) is 4.37. The van der Waals surface area contributed by atoms with Crippen LogP contribution in [-0.4, -0.2) is 24.2 Å². The average Bonchev–Trinajstić information content (AvgIpc) is 2.66. The Kier molecular flexibility index (Phi) is 5.18.